The highest BCUT2D eigenvalue weighted by atomic mass is 16.5. The van der Waals surface area contributed by atoms with Crippen molar-refractivity contribution in [1.82, 2.24) is 0 Å². The first-order valence-corrected chi connectivity index (χ1v) is 8.44. The molecule has 4 nitrogen and oxygen atoms in total. The fourth-order valence-electron chi connectivity index (χ4n) is 2.91. The van der Waals surface area contributed by atoms with Crippen LogP contribution in [0.15, 0.2) is 30.3 Å². The Balaban J connectivity index is 2.69. The van der Waals surface area contributed by atoms with Crippen molar-refractivity contribution in [2.75, 3.05) is 14.2 Å². The fourth-order valence-corrected chi connectivity index (χ4v) is 2.91. The first-order valence-electron chi connectivity index (χ1n) is 8.44. The molecular formula is C21H26O4. The summed E-state index contributed by atoms with van der Waals surface area (Å²) in [6.45, 7) is 7.99. The van der Waals surface area contributed by atoms with Crippen molar-refractivity contribution in [3.8, 4) is 17.2 Å². The first-order chi connectivity index (χ1) is 11.8. The number of ether oxygens (including phenoxy) is 2. The molecule has 2 aromatic rings. The number of aromatic hydroxyl groups is 1. The summed E-state index contributed by atoms with van der Waals surface area (Å²) in [5.41, 5.74) is 2.45. The van der Waals surface area contributed by atoms with Crippen molar-refractivity contribution in [3.63, 3.8) is 0 Å². The van der Waals surface area contributed by atoms with Crippen LogP contribution in [-0.4, -0.2) is 25.1 Å². The molecule has 134 valence electrons. The van der Waals surface area contributed by atoms with Crippen LogP contribution in [0.25, 0.3) is 0 Å². The second kappa shape index (κ2) is 7.60. The van der Waals surface area contributed by atoms with E-state index >= 15 is 0 Å². The Bertz CT molecular complexity index is 724. The third-order valence-electron chi connectivity index (χ3n) is 4.33. The molecule has 0 amide bonds. The van der Waals surface area contributed by atoms with Crippen molar-refractivity contribution in [2.45, 2.75) is 39.5 Å². The molecule has 0 spiro atoms. The third kappa shape index (κ3) is 3.63. The molecular weight excluding hydrogens is 316 g/mol. The zero-order valence-corrected chi connectivity index (χ0v) is 15.7. The van der Waals surface area contributed by atoms with E-state index in [9.17, 15) is 9.90 Å². The Kier molecular flexibility index (Phi) is 5.73. The third-order valence-corrected chi connectivity index (χ3v) is 4.33. The molecule has 0 fully saturated rings. The lowest BCUT2D eigenvalue weighted by atomic mass is 9.89. The molecule has 0 aliphatic rings. The van der Waals surface area contributed by atoms with E-state index < -0.39 is 0 Å². The predicted molar refractivity (Wildman–Crippen MR) is 99.3 cm³/mol. The summed E-state index contributed by atoms with van der Waals surface area (Å²) < 4.78 is 10.7. The Morgan fingerprint density at radius 1 is 0.920 bits per heavy atom. The molecule has 0 radical (unpaired) electrons. The number of ketones is 1. The lowest BCUT2D eigenvalue weighted by Gasteiger charge is -2.18. The summed E-state index contributed by atoms with van der Waals surface area (Å²) in [5.74, 6) is 1.23. The molecule has 0 saturated carbocycles. The van der Waals surface area contributed by atoms with Crippen LogP contribution in [0.5, 0.6) is 17.2 Å². The lowest BCUT2D eigenvalue weighted by molar-refractivity contribution is 0.103. The summed E-state index contributed by atoms with van der Waals surface area (Å²) in [7, 11) is 3.06. The molecule has 25 heavy (non-hydrogen) atoms. The van der Waals surface area contributed by atoms with Gasteiger partial charge in [-0.05, 0) is 47.2 Å². The molecule has 0 atom stereocenters. The molecule has 4 heteroatoms. The Hall–Kier alpha value is -2.49. The minimum atomic E-state index is -0.182. The van der Waals surface area contributed by atoms with E-state index in [2.05, 4.69) is 0 Å². The smallest absolute Gasteiger partial charge is 0.200 e. The van der Waals surface area contributed by atoms with Crippen molar-refractivity contribution in [1.29, 1.82) is 0 Å². The van der Waals surface area contributed by atoms with Gasteiger partial charge in [-0.1, -0.05) is 33.8 Å². The molecule has 0 aliphatic carbocycles. The molecule has 0 bridgehead atoms. The second-order valence-corrected chi connectivity index (χ2v) is 6.68. The Morgan fingerprint density at radius 2 is 1.36 bits per heavy atom. The maximum atomic E-state index is 13.2. The number of rotatable bonds is 6. The SMILES string of the molecule is COc1cccc(OC)c1C(=O)c1cc(C(C)C)c(O)c(C(C)C)c1. The summed E-state index contributed by atoms with van der Waals surface area (Å²) in [6, 6.07) is 8.79. The molecule has 0 heterocycles. The van der Waals surface area contributed by atoms with Gasteiger partial charge in [-0.3, -0.25) is 4.79 Å². The molecule has 0 saturated heterocycles. The fraction of sp³-hybridized carbons (Fsp3) is 0.381. The van der Waals surface area contributed by atoms with E-state index in [1.807, 2.05) is 27.7 Å². The highest BCUT2D eigenvalue weighted by Crippen LogP contribution is 2.37. The van der Waals surface area contributed by atoms with Crippen LogP contribution in [0.1, 0.15) is 66.6 Å². The van der Waals surface area contributed by atoms with Crippen LogP contribution in [0, 0.1) is 0 Å². The highest BCUT2D eigenvalue weighted by Gasteiger charge is 2.23. The number of phenolic OH excluding ortho intramolecular Hbond substituents is 1. The maximum Gasteiger partial charge on any atom is 0.200 e. The minimum absolute atomic E-state index is 0.102. The van der Waals surface area contributed by atoms with Gasteiger partial charge < -0.3 is 14.6 Å². The van der Waals surface area contributed by atoms with E-state index in [1.54, 1.807) is 30.3 Å². The number of benzene rings is 2. The van der Waals surface area contributed by atoms with Crippen LogP contribution < -0.4 is 9.47 Å². The van der Waals surface area contributed by atoms with Crippen LogP contribution in [0.3, 0.4) is 0 Å². The van der Waals surface area contributed by atoms with Crippen molar-refractivity contribution in [3.05, 3.63) is 52.6 Å². The minimum Gasteiger partial charge on any atom is -0.507 e. The monoisotopic (exact) mass is 342 g/mol. The van der Waals surface area contributed by atoms with Gasteiger partial charge in [0.1, 0.15) is 22.8 Å². The molecule has 1 N–H and O–H groups in total. The highest BCUT2D eigenvalue weighted by molar-refractivity contribution is 6.12. The number of hydrogen-bond acceptors (Lipinski definition) is 4. The van der Waals surface area contributed by atoms with Gasteiger partial charge in [0.25, 0.3) is 0 Å². The van der Waals surface area contributed by atoms with Gasteiger partial charge in [-0.2, -0.15) is 0 Å². The lowest BCUT2D eigenvalue weighted by Crippen LogP contribution is -2.09. The average Bonchev–Trinajstić information content (AvgIpc) is 2.59. The van der Waals surface area contributed by atoms with E-state index in [4.69, 9.17) is 9.47 Å². The van der Waals surface area contributed by atoms with Gasteiger partial charge in [-0.25, -0.2) is 0 Å². The normalized spacial score (nSPS) is 11.0. The van der Waals surface area contributed by atoms with Gasteiger partial charge in [-0.15, -0.1) is 0 Å². The number of methoxy groups -OCH3 is 2. The Labute approximate surface area is 149 Å². The largest absolute Gasteiger partial charge is 0.507 e. The van der Waals surface area contributed by atoms with E-state index in [1.165, 1.54) is 14.2 Å². The number of phenols is 1. The zero-order chi connectivity index (χ0) is 18.7. The van der Waals surface area contributed by atoms with E-state index in [0.717, 1.165) is 11.1 Å². The summed E-state index contributed by atoms with van der Waals surface area (Å²) >= 11 is 0. The van der Waals surface area contributed by atoms with Crippen LogP contribution in [0.4, 0.5) is 0 Å². The average molecular weight is 342 g/mol. The molecule has 2 rings (SSSR count). The zero-order valence-electron chi connectivity index (χ0n) is 15.7. The second-order valence-electron chi connectivity index (χ2n) is 6.68. The first kappa shape index (κ1) is 18.8. The van der Waals surface area contributed by atoms with Gasteiger partial charge in [0.2, 0.25) is 5.78 Å². The topological polar surface area (TPSA) is 55.8 Å². The molecule has 0 unspecified atom stereocenters. The summed E-state index contributed by atoms with van der Waals surface area (Å²) in [5, 5.41) is 10.5. The van der Waals surface area contributed by atoms with Crippen molar-refractivity contribution < 1.29 is 19.4 Å². The molecule has 0 aliphatic heterocycles. The van der Waals surface area contributed by atoms with Crippen LogP contribution in [0.2, 0.25) is 0 Å². The van der Waals surface area contributed by atoms with Gasteiger partial charge in [0.15, 0.2) is 0 Å². The molecule has 0 aromatic heterocycles. The van der Waals surface area contributed by atoms with Crippen LogP contribution >= 0.6 is 0 Å². The number of carbonyl (C=O) groups excluding carboxylic acids is 1. The van der Waals surface area contributed by atoms with Crippen molar-refractivity contribution in [2.24, 2.45) is 0 Å². The van der Waals surface area contributed by atoms with E-state index in [-0.39, 0.29) is 23.4 Å². The molecule has 2 aromatic carbocycles. The number of carbonyl (C=O) groups is 1. The van der Waals surface area contributed by atoms with Gasteiger partial charge in [0, 0.05) is 5.56 Å². The quantitative estimate of drug-likeness (QED) is 0.760. The van der Waals surface area contributed by atoms with Gasteiger partial charge in [0.05, 0.1) is 14.2 Å². The van der Waals surface area contributed by atoms with E-state index in [0.29, 0.717) is 22.6 Å². The number of hydrogen-bond donors (Lipinski definition) is 1. The summed E-state index contributed by atoms with van der Waals surface area (Å²) in [6.07, 6.45) is 0. The van der Waals surface area contributed by atoms with Crippen molar-refractivity contribution >= 4 is 5.78 Å². The van der Waals surface area contributed by atoms with Gasteiger partial charge >= 0.3 is 0 Å². The maximum absolute atomic E-state index is 13.2. The van der Waals surface area contributed by atoms with Crippen LogP contribution in [-0.2, 0) is 0 Å². The summed E-state index contributed by atoms with van der Waals surface area (Å²) in [4.78, 5) is 13.2. The standard InChI is InChI=1S/C21H26O4/c1-12(2)15-10-14(11-16(13(3)4)21(15)23)20(22)19-17(24-5)8-7-9-18(19)25-6/h7-13,23H,1-6H3. The predicted octanol–water partition coefficient (Wildman–Crippen LogP) is 4.89. The Morgan fingerprint density at radius 3 is 1.72 bits per heavy atom.